The molecule has 0 aromatic heterocycles. The molecule has 0 heterocycles. The monoisotopic (exact) mass is 518 g/mol. The van der Waals surface area contributed by atoms with E-state index in [2.05, 4.69) is 10.6 Å². The van der Waals surface area contributed by atoms with Gasteiger partial charge in [-0.05, 0) is 23.3 Å². The van der Waals surface area contributed by atoms with Crippen LogP contribution in [0.5, 0.6) is 0 Å². The maximum Gasteiger partial charge on any atom is 0.329 e. The van der Waals surface area contributed by atoms with Crippen LogP contribution in [-0.2, 0) is 27.4 Å². The molecule has 0 aliphatic rings. The molecular weight excluding hydrogens is 484 g/mol. The first-order chi connectivity index (χ1) is 17.7. The van der Waals surface area contributed by atoms with Crippen molar-refractivity contribution in [2.45, 2.75) is 50.6 Å². The van der Waals surface area contributed by atoms with Crippen LogP contribution in [0.2, 0.25) is 0 Å². The summed E-state index contributed by atoms with van der Waals surface area (Å²) in [5, 5.41) is 5.70. The number of esters is 1. The largest absolute Gasteiger partial charge is 0.459 e. The predicted octanol–water partition coefficient (Wildman–Crippen LogP) is 4.79. The lowest BCUT2D eigenvalue weighted by molar-refractivity contribution is -0.148. The minimum absolute atomic E-state index is 0.115. The molecule has 0 spiro atoms. The van der Waals surface area contributed by atoms with Gasteiger partial charge in [0.1, 0.15) is 18.7 Å². The minimum atomic E-state index is -0.876. The summed E-state index contributed by atoms with van der Waals surface area (Å²) in [5.74, 6) is -0.969. The molecule has 3 aromatic rings. The third-order valence-corrected chi connectivity index (χ3v) is 6.81. The fourth-order valence-electron chi connectivity index (χ4n) is 3.49. The zero-order chi connectivity index (χ0) is 26.7. The Kier molecular flexibility index (Phi) is 10.3. The van der Waals surface area contributed by atoms with Crippen molar-refractivity contribution in [1.82, 2.24) is 10.6 Å². The van der Waals surface area contributed by atoms with E-state index in [4.69, 9.17) is 4.74 Å². The van der Waals surface area contributed by atoms with Crippen LogP contribution < -0.4 is 10.6 Å². The molecule has 2 unspecified atom stereocenters. The summed E-state index contributed by atoms with van der Waals surface area (Å²) in [6.45, 7) is 6.25. The Bertz CT molecular complexity index is 1150. The summed E-state index contributed by atoms with van der Waals surface area (Å²) in [7, 11) is 0. The summed E-state index contributed by atoms with van der Waals surface area (Å²) in [6, 6.07) is 25.8. The number of carbonyl (C=O) groups excluding carboxylic acids is 3. The Morgan fingerprint density at radius 2 is 1.30 bits per heavy atom. The maximum absolute atomic E-state index is 13.5. The summed E-state index contributed by atoms with van der Waals surface area (Å²) < 4.78 is 5.43. The van der Waals surface area contributed by atoms with E-state index >= 15 is 0 Å². The van der Waals surface area contributed by atoms with Crippen LogP contribution in [0.3, 0.4) is 0 Å². The second-order valence-corrected chi connectivity index (χ2v) is 11.5. The van der Waals surface area contributed by atoms with Gasteiger partial charge < -0.3 is 15.4 Å². The van der Waals surface area contributed by atoms with Crippen molar-refractivity contribution in [3.8, 4) is 0 Å². The number of benzene rings is 3. The molecule has 7 heteroatoms. The fraction of sp³-hybridized carbons (Fsp3) is 0.300. The van der Waals surface area contributed by atoms with E-state index in [1.807, 2.05) is 87.5 Å². The number of amides is 2. The quantitative estimate of drug-likeness (QED) is 0.357. The smallest absolute Gasteiger partial charge is 0.329 e. The van der Waals surface area contributed by atoms with Crippen molar-refractivity contribution >= 4 is 29.5 Å². The number of hydrogen-bond donors (Lipinski definition) is 2. The van der Waals surface area contributed by atoms with E-state index in [0.29, 0.717) is 11.3 Å². The molecule has 0 saturated carbocycles. The van der Waals surface area contributed by atoms with Crippen molar-refractivity contribution in [3.63, 3.8) is 0 Å². The highest BCUT2D eigenvalue weighted by atomic mass is 32.2. The number of hydrogen-bond acceptors (Lipinski definition) is 5. The highest BCUT2D eigenvalue weighted by molar-refractivity contribution is 8.00. The molecule has 3 rings (SSSR count). The van der Waals surface area contributed by atoms with Crippen LogP contribution in [0.15, 0.2) is 91.0 Å². The van der Waals surface area contributed by atoms with Crippen molar-refractivity contribution in [3.05, 3.63) is 108 Å². The van der Waals surface area contributed by atoms with E-state index in [1.165, 1.54) is 0 Å². The van der Waals surface area contributed by atoms with Gasteiger partial charge in [-0.15, -0.1) is 0 Å². The molecule has 0 aliphatic carbocycles. The molecule has 194 valence electrons. The van der Waals surface area contributed by atoms with Gasteiger partial charge in [0.2, 0.25) is 5.91 Å². The van der Waals surface area contributed by atoms with Gasteiger partial charge in [-0.3, -0.25) is 9.59 Å². The minimum Gasteiger partial charge on any atom is -0.459 e. The van der Waals surface area contributed by atoms with Gasteiger partial charge in [-0.1, -0.05) is 99.6 Å². The Morgan fingerprint density at radius 1 is 0.757 bits per heavy atom. The van der Waals surface area contributed by atoms with Crippen molar-refractivity contribution < 1.29 is 19.1 Å². The van der Waals surface area contributed by atoms with Crippen LogP contribution in [0.25, 0.3) is 0 Å². The molecule has 0 aliphatic heterocycles. The van der Waals surface area contributed by atoms with E-state index in [0.717, 1.165) is 11.1 Å². The molecule has 2 N–H and O–H groups in total. The number of ether oxygens (including phenoxy) is 1. The van der Waals surface area contributed by atoms with Gasteiger partial charge >= 0.3 is 5.97 Å². The Labute approximate surface area is 223 Å². The molecule has 2 amide bonds. The lowest BCUT2D eigenvalue weighted by atomic mass is 10.0. The predicted molar refractivity (Wildman–Crippen MR) is 148 cm³/mol. The summed E-state index contributed by atoms with van der Waals surface area (Å²) >= 11 is 1.56. The highest BCUT2D eigenvalue weighted by Crippen LogP contribution is 2.24. The van der Waals surface area contributed by atoms with Crippen LogP contribution >= 0.6 is 11.8 Å². The Morgan fingerprint density at radius 3 is 1.86 bits per heavy atom. The molecule has 3 aromatic carbocycles. The number of carbonyl (C=O) groups is 3. The molecule has 37 heavy (non-hydrogen) atoms. The van der Waals surface area contributed by atoms with Gasteiger partial charge in [-0.2, -0.15) is 11.8 Å². The van der Waals surface area contributed by atoms with Gasteiger partial charge in [-0.25, -0.2) is 4.79 Å². The van der Waals surface area contributed by atoms with Crippen LogP contribution in [0.4, 0.5) is 0 Å². The number of rotatable bonds is 11. The Balaban J connectivity index is 1.75. The zero-order valence-electron chi connectivity index (χ0n) is 21.5. The third kappa shape index (κ3) is 9.77. The highest BCUT2D eigenvalue weighted by Gasteiger charge is 2.29. The first kappa shape index (κ1) is 28.0. The van der Waals surface area contributed by atoms with E-state index in [-0.39, 0.29) is 23.7 Å². The molecule has 6 nitrogen and oxygen atoms in total. The van der Waals surface area contributed by atoms with Gasteiger partial charge in [0.15, 0.2) is 0 Å². The van der Waals surface area contributed by atoms with Gasteiger partial charge in [0, 0.05) is 22.5 Å². The SMILES string of the molecule is CC(C)(C)SCC(NC(=O)C(Cc1ccccc1)NC(=O)c1ccccc1)C(=O)OCc1ccccc1. The Hall–Kier alpha value is -3.58. The third-order valence-electron chi connectivity index (χ3n) is 5.45. The van der Waals surface area contributed by atoms with Crippen molar-refractivity contribution in [2.75, 3.05) is 5.75 Å². The van der Waals surface area contributed by atoms with Gasteiger partial charge in [0.25, 0.3) is 5.91 Å². The summed E-state index contributed by atoms with van der Waals surface area (Å²) in [6.07, 6.45) is 0.281. The lowest BCUT2D eigenvalue weighted by Crippen LogP contribution is -2.53. The zero-order valence-corrected chi connectivity index (χ0v) is 22.3. The maximum atomic E-state index is 13.5. The summed E-state index contributed by atoms with van der Waals surface area (Å²) in [4.78, 5) is 39.4. The molecule has 0 radical (unpaired) electrons. The first-order valence-corrected chi connectivity index (χ1v) is 13.2. The molecule has 0 saturated heterocycles. The van der Waals surface area contributed by atoms with E-state index < -0.39 is 24.0 Å². The number of thioether (sulfide) groups is 1. The lowest BCUT2D eigenvalue weighted by Gasteiger charge is -2.25. The average molecular weight is 519 g/mol. The van der Waals surface area contributed by atoms with E-state index in [9.17, 15) is 14.4 Å². The number of nitrogens with one attached hydrogen (secondary N) is 2. The van der Waals surface area contributed by atoms with Crippen molar-refractivity contribution in [2.24, 2.45) is 0 Å². The van der Waals surface area contributed by atoms with Gasteiger partial charge in [0.05, 0.1) is 0 Å². The molecular formula is C30H34N2O4S. The second-order valence-electron chi connectivity index (χ2n) is 9.66. The second kappa shape index (κ2) is 13.7. The topological polar surface area (TPSA) is 84.5 Å². The van der Waals surface area contributed by atoms with Crippen molar-refractivity contribution in [1.29, 1.82) is 0 Å². The molecule has 0 bridgehead atoms. The standard InChI is InChI=1S/C30H34N2O4S/c1-30(2,3)37-21-26(29(35)36-20-23-15-9-5-10-16-23)32-28(34)25(19-22-13-7-4-8-14-22)31-27(33)24-17-11-6-12-18-24/h4-18,25-26H,19-21H2,1-3H3,(H,31,33)(H,32,34). The average Bonchev–Trinajstić information content (AvgIpc) is 2.90. The summed E-state index contributed by atoms with van der Waals surface area (Å²) in [5.41, 5.74) is 2.21. The normalized spacial score (nSPS) is 12.7. The molecule has 2 atom stereocenters. The van der Waals surface area contributed by atoms with Crippen LogP contribution in [0.1, 0.15) is 42.3 Å². The first-order valence-electron chi connectivity index (χ1n) is 12.3. The fourth-order valence-corrected chi connectivity index (χ4v) is 4.38. The molecule has 0 fully saturated rings. The van der Waals surface area contributed by atoms with E-state index in [1.54, 1.807) is 36.0 Å². The van der Waals surface area contributed by atoms with Crippen LogP contribution in [0, 0.1) is 0 Å². The van der Waals surface area contributed by atoms with Crippen LogP contribution in [-0.4, -0.2) is 40.4 Å².